The van der Waals surface area contributed by atoms with Crippen molar-refractivity contribution in [3.8, 4) is 0 Å². The van der Waals surface area contributed by atoms with Gasteiger partial charge in [0.15, 0.2) is 0 Å². The molecule has 0 bridgehead atoms. The first-order chi connectivity index (χ1) is 15.0. The van der Waals surface area contributed by atoms with E-state index in [0.717, 1.165) is 25.7 Å². The largest absolute Gasteiger partial charge is 0.503 e. The van der Waals surface area contributed by atoms with Crippen molar-refractivity contribution in [2.24, 2.45) is 0 Å². The normalized spacial score (nSPS) is 28.1. The van der Waals surface area contributed by atoms with Gasteiger partial charge < -0.3 is 26.6 Å². The molecule has 31 heavy (non-hydrogen) atoms. The van der Waals surface area contributed by atoms with Gasteiger partial charge in [-0.2, -0.15) is 0 Å². The van der Waals surface area contributed by atoms with Gasteiger partial charge in [-0.1, -0.05) is 34.4 Å². The molecule has 4 unspecified atom stereocenters. The summed E-state index contributed by atoms with van der Waals surface area (Å²) in [6, 6.07) is 0. The van der Waals surface area contributed by atoms with Crippen LogP contribution in [0.2, 0.25) is 11.1 Å². The molecular formula is C18H38O6S5Si2. The first kappa shape index (κ1) is 29.2. The van der Waals surface area contributed by atoms with Crippen molar-refractivity contribution >= 4 is 68.7 Å². The molecule has 2 saturated carbocycles. The Balaban J connectivity index is 1.70. The average molecular weight is 567 g/mol. The Kier molecular flexibility index (Phi) is 14.3. The van der Waals surface area contributed by atoms with Gasteiger partial charge in [0.05, 0.1) is 0 Å². The summed E-state index contributed by atoms with van der Waals surface area (Å²) < 4.78 is 34.4. The second-order valence-corrected chi connectivity index (χ2v) is 22.5. The van der Waals surface area contributed by atoms with Crippen LogP contribution < -0.4 is 0 Å². The number of rotatable bonds is 14. The molecule has 0 aliphatic heterocycles. The maximum absolute atomic E-state index is 5.73. The van der Waals surface area contributed by atoms with Crippen LogP contribution in [-0.4, -0.2) is 70.8 Å². The Hall–Kier alpha value is 1.94. The van der Waals surface area contributed by atoms with Gasteiger partial charge in [-0.05, 0) is 68.0 Å². The Morgan fingerprint density at radius 3 is 1.19 bits per heavy atom. The van der Waals surface area contributed by atoms with Crippen molar-refractivity contribution in [1.29, 1.82) is 0 Å². The highest BCUT2D eigenvalue weighted by atomic mass is 33.8. The molecule has 0 saturated heterocycles. The van der Waals surface area contributed by atoms with Crippen LogP contribution in [0.1, 0.15) is 51.4 Å². The average Bonchev–Trinajstić information content (AvgIpc) is 2.83. The second kappa shape index (κ2) is 15.1. The van der Waals surface area contributed by atoms with Crippen molar-refractivity contribution in [1.82, 2.24) is 0 Å². The quantitative estimate of drug-likeness (QED) is 0.128. The summed E-state index contributed by atoms with van der Waals surface area (Å²) in [5.41, 5.74) is 0.801. The molecule has 0 aromatic rings. The van der Waals surface area contributed by atoms with Crippen molar-refractivity contribution in [2.75, 3.05) is 42.7 Å². The number of hydrogen-bond acceptors (Lipinski definition) is 11. The molecule has 0 heterocycles. The fraction of sp³-hybridized carbons (Fsp3) is 1.00. The van der Waals surface area contributed by atoms with Crippen LogP contribution in [0.4, 0.5) is 0 Å². The van der Waals surface area contributed by atoms with E-state index in [-0.39, 0.29) is 0 Å². The third kappa shape index (κ3) is 7.97. The van der Waals surface area contributed by atoms with E-state index in [2.05, 4.69) is 0 Å². The highest BCUT2D eigenvalue weighted by molar-refractivity contribution is 9.35. The van der Waals surface area contributed by atoms with Crippen LogP contribution in [0.3, 0.4) is 0 Å². The van der Waals surface area contributed by atoms with E-state index in [9.17, 15) is 0 Å². The van der Waals surface area contributed by atoms with E-state index < -0.39 is 17.6 Å². The van der Waals surface area contributed by atoms with Crippen LogP contribution >= 0.6 is 51.1 Å². The van der Waals surface area contributed by atoms with E-state index in [1.807, 2.05) is 51.1 Å². The van der Waals surface area contributed by atoms with Crippen molar-refractivity contribution in [3.05, 3.63) is 0 Å². The highest BCUT2D eigenvalue weighted by Gasteiger charge is 2.50. The predicted octanol–water partition coefficient (Wildman–Crippen LogP) is 6.69. The zero-order valence-electron chi connectivity index (χ0n) is 19.5. The SMILES string of the molecule is CO[Si](OC)(OC)C1CCCC(SSSSSC2CCCC([Si](OC)(OC)OC)C2)C1. The highest BCUT2D eigenvalue weighted by Crippen LogP contribution is 2.56. The van der Waals surface area contributed by atoms with Gasteiger partial charge in [-0.25, -0.2) is 0 Å². The summed E-state index contributed by atoms with van der Waals surface area (Å²) in [4.78, 5) is 0. The Labute approximate surface area is 209 Å². The van der Waals surface area contributed by atoms with Crippen molar-refractivity contribution < 1.29 is 26.6 Å². The summed E-state index contributed by atoms with van der Waals surface area (Å²) in [6.45, 7) is 0. The lowest BCUT2D eigenvalue weighted by Gasteiger charge is -2.37. The molecule has 2 rings (SSSR count). The van der Waals surface area contributed by atoms with Crippen LogP contribution in [0.5, 0.6) is 0 Å². The minimum absolute atomic E-state index is 0.400. The first-order valence-electron chi connectivity index (χ1n) is 10.7. The van der Waals surface area contributed by atoms with E-state index in [0.29, 0.717) is 21.6 Å². The molecule has 0 aromatic heterocycles. The Bertz CT molecular complexity index is 446. The van der Waals surface area contributed by atoms with Crippen LogP contribution in [0, 0.1) is 0 Å². The third-order valence-electron chi connectivity index (χ3n) is 6.37. The number of hydrogen-bond donors (Lipinski definition) is 0. The molecule has 6 nitrogen and oxygen atoms in total. The molecule has 0 spiro atoms. The second-order valence-electron chi connectivity index (χ2n) is 7.80. The molecule has 184 valence electrons. The molecule has 4 atom stereocenters. The van der Waals surface area contributed by atoms with E-state index in [4.69, 9.17) is 26.6 Å². The van der Waals surface area contributed by atoms with Gasteiger partial charge in [0.2, 0.25) is 0 Å². The lowest BCUT2D eigenvalue weighted by atomic mass is 9.99. The predicted molar refractivity (Wildman–Crippen MR) is 144 cm³/mol. The Morgan fingerprint density at radius 1 is 0.516 bits per heavy atom. The van der Waals surface area contributed by atoms with Crippen LogP contribution in [0.25, 0.3) is 0 Å². The zero-order valence-corrected chi connectivity index (χ0v) is 25.5. The van der Waals surface area contributed by atoms with Gasteiger partial charge in [0, 0.05) is 64.2 Å². The molecule has 13 heteroatoms. The third-order valence-corrected chi connectivity index (χ3v) is 22.3. The fourth-order valence-corrected chi connectivity index (χ4v) is 20.8. The molecule has 0 aromatic carbocycles. The molecule has 0 amide bonds. The molecule has 0 N–H and O–H groups in total. The zero-order chi connectivity index (χ0) is 22.7. The summed E-state index contributed by atoms with van der Waals surface area (Å²) in [6.07, 6.45) is 9.45. The first-order valence-corrected chi connectivity index (χ1v) is 20.5. The van der Waals surface area contributed by atoms with E-state index in [1.54, 1.807) is 42.7 Å². The van der Waals surface area contributed by atoms with E-state index >= 15 is 0 Å². The Morgan fingerprint density at radius 2 is 0.871 bits per heavy atom. The van der Waals surface area contributed by atoms with Gasteiger partial charge in [-0.15, -0.1) is 0 Å². The molecular weight excluding hydrogens is 529 g/mol. The lowest BCUT2D eigenvalue weighted by Crippen LogP contribution is -2.49. The summed E-state index contributed by atoms with van der Waals surface area (Å²) >= 11 is 0. The molecule has 2 fully saturated rings. The van der Waals surface area contributed by atoms with Gasteiger partial charge >= 0.3 is 17.6 Å². The van der Waals surface area contributed by atoms with Gasteiger partial charge in [0.25, 0.3) is 0 Å². The minimum Gasteiger partial charge on any atom is -0.377 e. The summed E-state index contributed by atoms with van der Waals surface area (Å²) in [5, 5.41) is 1.26. The van der Waals surface area contributed by atoms with Crippen LogP contribution in [-0.2, 0) is 26.6 Å². The van der Waals surface area contributed by atoms with Gasteiger partial charge in [0.1, 0.15) is 0 Å². The lowest BCUT2D eigenvalue weighted by molar-refractivity contribution is 0.104. The van der Waals surface area contributed by atoms with Gasteiger partial charge in [-0.3, -0.25) is 0 Å². The standard InChI is InChI=1S/C18H38O6S5Si2/c1-19-30(20-2,21-3)17-11-7-9-15(13-17)25-27-29-28-26-16-10-8-12-18(14-16)31(22-4,23-5)24-6/h15-18H,7-14H2,1-6H3. The topological polar surface area (TPSA) is 55.4 Å². The molecule has 0 radical (unpaired) electrons. The maximum Gasteiger partial charge on any atom is 0.503 e. The van der Waals surface area contributed by atoms with E-state index in [1.165, 1.54) is 25.7 Å². The summed E-state index contributed by atoms with van der Waals surface area (Å²) in [7, 11) is 15.0. The smallest absolute Gasteiger partial charge is 0.377 e. The molecule has 2 aliphatic carbocycles. The summed E-state index contributed by atoms with van der Waals surface area (Å²) in [5.74, 6) is 0. The monoisotopic (exact) mass is 566 g/mol. The van der Waals surface area contributed by atoms with Crippen molar-refractivity contribution in [3.63, 3.8) is 0 Å². The van der Waals surface area contributed by atoms with Crippen molar-refractivity contribution in [2.45, 2.75) is 72.9 Å². The fourth-order valence-electron chi connectivity index (χ4n) is 4.76. The molecule has 2 aliphatic rings. The maximum atomic E-state index is 5.73. The van der Waals surface area contributed by atoms with Crippen LogP contribution in [0.15, 0.2) is 0 Å². The minimum atomic E-state index is -2.53.